The Labute approximate surface area is 540 Å². The molecule has 2 atom stereocenters. The first kappa shape index (κ1) is 66.0. The highest BCUT2D eigenvalue weighted by molar-refractivity contribution is 5.95. The molecule has 19 nitrogen and oxygen atoms in total. The fourth-order valence-electron chi connectivity index (χ4n) is 13.0. The maximum absolute atomic E-state index is 15.5. The molecule has 0 radical (unpaired) electrons. The van der Waals surface area contributed by atoms with Crippen LogP contribution >= 0.6 is 0 Å². The Bertz CT molecular complexity index is 4310. The van der Waals surface area contributed by atoms with E-state index in [2.05, 4.69) is 56.4 Å². The van der Waals surface area contributed by atoms with Gasteiger partial charge in [-0.1, -0.05) is 18.2 Å². The molecule has 0 aliphatic carbocycles. The van der Waals surface area contributed by atoms with Crippen LogP contribution in [0, 0.1) is 13.8 Å². The molecule has 500 valence electrons. The van der Waals surface area contributed by atoms with E-state index in [9.17, 15) is 41.7 Å². The molecule has 3 saturated heterocycles. The number of halogens is 9. The maximum atomic E-state index is 15.5. The fourth-order valence-corrected chi connectivity index (χ4v) is 13.0. The molecule has 3 fully saturated rings. The summed E-state index contributed by atoms with van der Waals surface area (Å²) in [5.74, 6) is 0.600. The van der Waals surface area contributed by atoms with E-state index in [0.717, 1.165) is 30.0 Å². The molecule has 0 unspecified atom stereocenters. The number of aryl methyl sites for hydroxylation is 3. The molecule has 8 N–H and O–H groups in total. The maximum Gasteiger partial charge on any atom is 0.416 e. The lowest BCUT2D eigenvalue weighted by Crippen LogP contribution is -2.35. The van der Waals surface area contributed by atoms with Crippen molar-refractivity contribution >= 4 is 72.9 Å². The lowest BCUT2D eigenvalue weighted by Gasteiger charge is -2.31. The fraction of sp³-hybridized carbons (Fsp3) is 0.418. The molecule has 0 amide bonds. The predicted molar refractivity (Wildman–Crippen MR) is 344 cm³/mol. The Morgan fingerprint density at radius 2 is 1.01 bits per heavy atom. The largest absolute Gasteiger partial charge is 0.416 e. The van der Waals surface area contributed by atoms with Crippen molar-refractivity contribution in [3.05, 3.63) is 152 Å². The van der Waals surface area contributed by atoms with Crippen LogP contribution in [-0.2, 0) is 44.3 Å². The second kappa shape index (κ2) is 26.6. The number of benzene rings is 3. The molecule has 3 aromatic carbocycles. The van der Waals surface area contributed by atoms with E-state index in [-0.39, 0.29) is 75.7 Å². The van der Waals surface area contributed by atoms with Crippen LogP contribution in [0.25, 0.3) is 32.7 Å². The average molecular weight is 1320 g/mol. The van der Waals surface area contributed by atoms with Gasteiger partial charge in [0.2, 0.25) is 0 Å². The summed E-state index contributed by atoms with van der Waals surface area (Å²) in [6, 6.07) is 14.1. The zero-order valence-corrected chi connectivity index (χ0v) is 52.5. The van der Waals surface area contributed by atoms with Gasteiger partial charge < -0.3 is 51.7 Å². The molecular formula is C67H71F9N16O3. The monoisotopic (exact) mass is 1320 g/mol. The van der Waals surface area contributed by atoms with Crippen molar-refractivity contribution in [2.24, 2.45) is 0 Å². The molecule has 3 aliphatic heterocycles. The van der Waals surface area contributed by atoms with E-state index >= 15 is 13.2 Å². The zero-order chi connectivity index (χ0) is 67.3. The molecule has 28 heteroatoms. The summed E-state index contributed by atoms with van der Waals surface area (Å²) < 4.78 is 133. The molecule has 95 heavy (non-hydrogen) atoms. The third kappa shape index (κ3) is 14.5. The summed E-state index contributed by atoms with van der Waals surface area (Å²) >= 11 is 0. The van der Waals surface area contributed by atoms with E-state index < -0.39 is 72.0 Å². The first-order chi connectivity index (χ1) is 45.2. The molecule has 0 saturated carbocycles. The van der Waals surface area contributed by atoms with Gasteiger partial charge in [-0.15, -0.1) is 15.3 Å². The Balaban J connectivity index is 0.829. The average Bonchev–Trinajstić information content (AvgIpc) is 0.785. The van der Waals surface area contributed by atoms with Crippen LogP contribution in [0.5, 0.6) is 0 Å². The summed E-state index contributed by atoms with van der Waals surface area (Å²) in [6.45, 7) is 9.51. The van der Waals surface area contributed by atoms with Crippen LogP contribution in [0.2, 0.25) is 0 Å². The number of fused-ring (bicyclic) bond motifs is 3. The molecule has 12 rings (SSSR count). The van der Waals surface area contributed by atoms with Crippen molar-refractivity contribution in [2.75, 3.05) is 75.7 Å². The molecule has 6 aromatic heterocycles. The smallest absolute Gasteiger partial charge is 0.398 e. The highest BCUT2D eigenvalue weighted by Gasteiger charge is 2.37. The number of aromatic nitrogens is 9. The SMILES string of the molecule is Cc1c([C@@H](C)Nc2nnc(CCc3cc(CNc4nnc(Cc5c(N)cc([C@@H](C)Nc6nnc(C)c7ncc(N8CCC(O)CC8)cc67)cc5C(F)(F)F)c5ncc(N6CCC(O)CC6)cc45)cc(C(F)(F)F)c3)c3ncc(N4CCC(O)CC4)cc23)cccc1C(F)(F)F. The first-order valence-corrected chi connectivity index (χ1v) is 31.6. The minimum Gasteiger partial charge on any atom is -0.398 e. The molecule has 9 aromatic rings. The molecule has 0 spiro atoms. The van der Waals surface area contributed by atoms with Gasteiger partial charge in [0.25, 0.3) is 0 Å². The summed E-state index contributed by atoms with van der Waals surface area (Å²) in [5.41, 5.74) is 8.63. The van der Waals surface area contributed by atoms with E-state index in [1.54, 1.807) is 57.6 Å². The Hall–Kier alpha value is -9.02. The normalized spacial score (nSPS) is 16.5. The molecule has 0 bridgehead atoms. The van der Waals surface area contributed by atoms with Crippen LogP contribution in [-0.4, -0.2) is 118 Å². The van der Waals surface area contributed by atoms with Crippen LogP contribution in [0.3, 0.4) is 0 Å². The van der Waals surface area contributed by atoms with E-state index in [1.807, 2.05) is 21.9 Å². The van der Waals surface area contributed by atoms with Crippen molar-refractivity contribution in [2.45, 2.75) is 141 Å². The van der Waals surface area contributed by atoms with Crippen molar-refractivity contribution in [3.63, 3.8) is 0 Å². The number of hydrogen-bond donors (Lipinski definition) is 7. The summed E-state index contributed by atoms with van der Waals surface area (Å²) in [4.78, 5) is 20.4. The molecule has 9 heterocycles. The number of alkyl halides is 9. The van der Waals surface area contributed by atoms with Gasteiger partial charge in [0, 0.05) is 74.1 Å². The minimum absolute atomic E-state index is 0.0268. The van der Waals surface area contributed by atoms with Crippen molar-refractivity contribution in [1.29, 1.82) is 0 Å². The zero-order valence-electron chi connectivity index (χ0n) is 52.5. The number of nitrogen functional groups attached to an aromatic ring is 1. The van der Waals surface area contributed by atoms with Gasteiger partial charge in [0.1, 0.15) is 0 Å². The van der Waals surface area contributed by atoms with Crippen LogP contribution in [0.1, 0.15) is 132 Å². The summed E-state index contributed by atoms with van der Waals surface area (Å²) in [7, 11) is 0. The number of rotatable bonds is 17. The minimum atomic E-state index is -4.91. The number of anilines is 7. The number of hydrogen-bond acceptors (Lipinski definition) is 19. The second-order valence-electron chi connectivity index (χ2n) is 25.0. The quantitative estimate of drug-likeness (QED) is 0.0331. The van der Waals surface area contributed by atoms with Gasteiger partial charge in [0.05, 0.1) is 116 Å². The van der Waals surface area contributed by atoms with Crippen LogP contribution in [0.4, 0.5) is 79.7 Å². The van der Waals surface area contributed by atoms with Crippen LogP contribution < -0.4 is 36.4 Å². The number of aliphatic hydroxyl groups excluding tert-OH is 3. The highest BCUT2D eigenvalue weighted by Crippen LogP contribution is 2.42. The van der Waals surface area contributed by atoms with E-state index in [1.165, 1.54) is 19.1 Å². The summed E-state index contributed by atoms with van der Waals surface area (Å²) in [5, 5.41) is 68.3. The Kier molecular flexibility index (Phi) is 18.5. The number of aliphatic hydroxyl groups is 3. The van der Waals surface area contributed by atoms with Gasteiger partial charge in [0.15, 0.2) is 17.5 Å². The van der Waals surface area contributed by atoms with Gasteiger partial charge in [-0.3, -0.25) is 15.0 Å². The van der Waals surface area contributed by atoms with Gasteiger partial charge in [-0.25, -0.2) is 0 Å². The highest BCUT2D eigenvalue weighted by atomic mass is 19.4. The summed E-state index contributed by atoms with van der Waals surface area (Å²) in [6.07, 6.45) is -7.98. The first-order valence-electron chi connectivity index (χ1n) is 31.6. The number of nitrogens with two attached hydrogens (primary N) is 1. The predicted octanol–water partition coefficient (Wildman–Crippen LogP) is 12.2. The Morgan fingerprint density at radius 1 is 0.526 bits per heavy atom. The van der Waals surface area contributed by atoms with Crippen molar-refractivity contribution in [1.82, 2.24) is 45.5 Å². The molecular weight excluding hydrogens is 1250 g/mol. The van der Waals surface area contributed by atoms with Crippen molar-refractivity contribution < 1.29 is 54.8 Å². The standard InChI is InChI=1S/C67H71F9N16O3/c1-35-49(6-5-7-54(35)66(71,72)73)37(3)83-64-53-29-45(92-20-14-48(95)15-21-92)33-79-60(53)57(85-89-64)9-8-39-22-40(24-42(23-39)65(68,69)70)31-81-62-52-28-44(91-18-12-47(94)13-19-91)34-80-61(52)58(86-87-62)30-50-55(67(74,75)76)25-41(26-56(50)77)36(2)82-63-51-27-43(90-16-10-46(93)11-17-90)32-78-59(51)38(4)84-88-63/h5-7,22-29,32-34,36-37,46-48,93-95H,8-21,30-31,77H2,1-4H3,(H,81,87)(H,82,88)(H,83,89)/t36-,37-/m1/s1. The number of pyridine rings is 3. The third-order valence-electron chi connectivity index (χ3n) is 18.4. The van der Waals surface area contributed by atoms with Gasteiger partial charge in [-0.05, 0) is 161 Å². The number of nitrogens with one attached hydrogen (secondary N) is 3. The lowest BCUT2D eigenvalue weighted by molar-refractivity contribution is -0.139. The Morgan fingerprint density at radius 3 is 1.57 bits per heavy atom. The van der Waals surface area contributed by atoms with E-state index in [4.69, 9.17) is 15.7 Å². The lowest BCUT2D eigenvalue weighted by atomic mass is 9.94. The van der Waals surface area contributed by atoms with Gasteiger partial charge in [-0.2, -0.15) is 54.8 Å². The van der Waals surface area contributed by atoms with Gasteiger partial charge >= 0.3 is 18.5 Å². The second-order valence-corrected chi connectivity index (χ2v) is 25.0. The van der Waals surface area contributed by atoms with Crippen molar-refractivity contribution in [3.8, 4) is 0 Å². The van der Waals surface area contributed by atoms with Crippen LogP contribution in [0.15, 0.2) is 85.3 Å². The number of piperidine rings is 3. The van der Waals surface area contributed by atoms with E-state index in [0.29, 0.717) is 139 Å². The topological polar surface area (TPSA) is 249 Å². The number of nitrogens with zero attached hydrogens (tertiary/aromatic N) is 12. The third-order valence-corrected chi connectivity index (χ3v) is 18.4. The molecule has 3 aliphatic rings.